The molecule has 0 fully saturated rings. The summed E-state index contributed by atoms with van der Waals surface area (Å²) < 4.78 is 6.43. The van der Waals surface area contributed by atoms with E-state index in [1.807, 2.05) is 27.7 Å². The summed E-state index contributed by atoms with van der Waals surface area (Å²) in [5, 5.41) is -0.134. The molecule has 0 saturated carbocycles. The lowest BCUT2D eigenvalue weighted by molar-refractivity contribution is -0.154. The van der Waals surface area contributed by atoms with Gasteiger partial charge in [0, 0.05) is 5.75 Å². The Kier molecular flexibility index (Phi) is 5.38. The van der Waals surface area contributed by atoms with Gasteiger partial charge in [-0.2, -0.15) is 0 Å². The van der Waals surface area contributed by atoms with Crippen LogP contribution in [0.3, 0.4) is 0 Å². The lowest BCUT2D eigenvalue weighted by atomic mass is 10.2. The van der Waals surface area contributed by atoms with Gasteiger partial charge in [-0.15, -0.1) is 0 Å². The molecule has 5 heteroatoms. The van der Waals surface area contributed by atoms with Crippen molar-refractivity contribution in [2.24, 2.45) is 4.99 Å². The summed E-state index contributed by atoms with van der Waals surface area (Å²) in [6, 6.07) is 0.374. The van der Waals surface area contributed by atoms with Crippen LogP contribution >= 0.6 is 23.5 Å². The second-order valence-corrected chi connectivity index (χ2v) is 7.56. The largest absolute Gasteiger partial charge is 0.459 e. The summed E-state index contributed by atoms with van der Waals surface area (Å²) in [7, 11) is 0. The van der Waals surface area contributed by atoms with Crippen molar-refractivity contribution in [1.29, 1.82) is 0 Å². The van der Waals surface area contributed by atoms with Crippen LogP contribution in [0.1, 0.15) is 41.0 Å². The lowest BCUT2D eigenvalue weighted by Gasteiger charge is -2.22. The summed E-state index contributed by atoms with van der Waals surface area (Å²) in [5.74, 6) is 0.889. The van der Waals surface area contributed by atoms with Crippen LogP contribution in [-0.2, 0) is 9.53 Å². The number of rotatable bonds is 3. The molecular weight excluding hydrogens is 254 g/mol. The monoisotopic (exact) mass is 275 g/mol. The van der Waals surface area contributed by atoms with Crippen molar-refractivity contribution in [1.82, 2.24) is 0 Å². The summed E-state index contributed by atoms with van der Waals surface area (Å²) in [6.45, 7) is 9.78. The highest BCUT2D eigenvalue weighted by Crippen LogP contribution is 2.31. The van der Waals surface area contributed by atoms with Gasteiger partial charge in [0.25, 0.3) is 0 Å². The number of carbonyl (C=O) groups is 1. The molecule has 1 rings (SSSR count). The number of thioether (sulfide) groups is 2. The SMILES string of the molecule is CC[C@@H](SC1=N[C@@H](C)CS1)C(=O)OC(C)(C)C. The van der Waals surface area contributed by atoms with E-state index in [2.05, 4.69) is 11.9 Å². The van der Waals surface area contributed by atoms with Crippen molar-refractivity contribution in [2.75, 3.05) is 5.75 Å². The second-order valence-electron chi connectivity index (χ2n) is 5.10. The minimum absolute atomic E-state index is 0.132. The van der Waals surface area contributed by atoms with Crippen molar-refractivity contribution in [3.8, 4) is 0 Å². The molecule has 3 nitrogen and oxygen atoms in total. The number of esters is 1. The van der Waals surface area contributed by atoms with Gasteiger partial charge < -0.3 is 4.74 Å². The van der Waals surface area contributed by atoms with Crippen LogP contribution < -0.4 is 0 Å². The van der Waals surface area contributed by atoms with E-state index in [-0.39, 0.29) is 11.2 Å². The topological polar surface area (TPSA) is 38.7 Å². The van der Waals surface area contributed by atoms with Crippen LogP contribution in [0.15, 0.2) is 4.99 Å². The molecule has 0 aliphatic carbocycles. The van der Waals surface area contributed by atoms with Gasteiger partial charge in [-0.1, -0.05) is 30.4 Å². The maximum Gasteiger partial charge on any atom is 0.320 e. The highest BCUT2D eigenvalue weighted by Gasteiger charge is 2.27. The van der Waals surface area contributed by atoms with E-state index < -0.39 is 5.60 Å². The Labute approximate surface area is 112 Å². The van der Waals surface area contributed by atoms with Crippen LogP contribution in [0.25, 0.3) is 0 Å². The predicted molar refractivity (Wildman–Crippen MR) is 76.9 cm³/mol. The molecule has 0 unspecified atom stereocenters. The first-order valence-corrected chi connectivity index (χ1v) is 7.78. The Morgan fingerprint density at radius 2 is 2.29 bits per heavy atom. The van der Waals surface area contributed by atoms with E-state index in [0.29, 0.717) is 6.04 Å². The van der Waals surface area contributed by atoms with Gasteiger partial charge in [0.15, 0.2) is 0 Å². The summed E-state index contributed by atoms with van der Waals surface area (Å²) in [5.41, 5.74) is -0.414. The Morgan fingerprint density at radius 1 is 1.65 bits per heavy atom. The van der Waals surface area contributed by atoms with Crippen molar-refractivity contribution in [3.05, 3.63) is 0 Å². The standard InChI is InChI=1S/C12H21NO2S2/c1-6-9(10(14)15-12(3,4)5)17-11-13-8(2)7-16-11/h8-9H,6-7H2,1-5H3/t8-,9+/m0/s1. The van der Waals surface area contributed by atoms with E-state index in [0.717, 1.165) is 16.5 Å². The van der Waals surface area contributed by atoms with Crippen molar-refractivity contribution in [2.45, 2.75) is 57.9 Å². The molecule has 0 aromatic rings. The predicted octanol–water partition coefficient (Wildman–Crippen LogP) is 3.33. The van der Waals surface area contributed by atoms with Crippen LogP contribution in [0, 0.1) is 0 Å². The van der Waals surface area contributed by atoms with Gasteiger partial charge in [0.1, 0.15) is 15.2 Å². The highest BCUT2D eigenvalue weighted by atomic mass is 32.2. The first-order valence-electron chi connectivity index (χ1n) is 5.92. The molecule has 0 amide bonds. The normalized spacial score (nSPS) is 22.2. The fourth-order valence-corrected chi connectivity index (χ4v) is 3.63. The Balaban J connectivity index is 2.54. The quantitative estimate of drug-likeness (QED) is 0.741. The van der Waals surface area contributed by atoms with E-state index in [4.69, 9.17) is 4.74 Å². The van der Waals surface area contributed by atoms with Gasteiger partial charge >= 0.3 is 5.97 Å². The smallest absolute Gasteiger partial charge is 0.320 e. The molecule has 0 aromatic carbocycles. The maximum absolute atomic E-state index is 12.0. The number of hydrogen-bond acceptors (Lipinski definition) is 5. The second kappa shape index (κ2) is 6.14. The van der Waals surface area contributed by atoms with E-state index >= 15 is 0 Å². The van der Waals surface area contributed by atoms with Crippen LogP contribution in [0.2, 0.25) is 0 Å². The van der Waals surface area contributed by atoms with Gasteiger partial charge in [-0.3, -0.25) is 9.79 Å². The van der Waals surface area contributed by atoms with Gasteiger partial charge in [-0.25, -0.2) is 0 Å². The molecule has 1 aliphatic heterocycles. The van der Waals surface area contributed by atoms with Gasteiger partial charge in [-0.05, 0) is 34.1 Å². The first kappa shape index (κ1) is 14.9. The Morgan fingerprint density at radius 3 is 2.71 bits per heavy atom. The molecule has 0 aromatic heterocycles. The molecule has 17 heavy (non-hydrogen) atoms. The van der Waals surface area contributed by atoms with Crippen molar-refractivity contribution >= 4 is 33.9 Å². The van der Waals surface area contributed by atoms with Crippen LogP contribution in [0.5, 0.6) is 0 Å². The number of ether oxygens (including phenoxy) is 1. The van der Waals surface area contributed by atoms with Crippen LogP contribution in [-0.4, -0.2) is 33.0 Å². The third-order valence-electron chi connectivity index (χ3n) is 2.06. The molecule has 1 aliphatic rings. The zero-order chi connectivity index (χ0) is 13.1. The number of hydrogen-bond donors (Lipinski definition) is 0. The third-order valence-corrected chi connectivity index (χ3v) is 4.82. The summed E-state index contributed by atoms with van der Waals surface area (Å²) in [4.78, 5) is 16.4. The maximum atomic E-state index is 12.0. The van der Waals surface area contributed by atoms with E-state index in [9.17, 15) is 4.79 Å². The molecule has 2 atom stereocenters. The first-order chi connectivity index (χ1) is 7.81. The molecule has 1 heterocycles. The summed E-state index contributed by atoms with van der Waals surface area (Å²) in [6.07, 6.45) is 0.771. The van der Waals surface area contributed by atoms with Gasteiger partial charge in [0.2, 0.25) is 0 Å². The third kappa shape index (κ3) is 5.34. The Bertz CT molecular complexity index is 310. The van der Waals surface area contributed by atoms with Crippen molar-refractivity contribution < 1.29 is 9.53 Å². The number of carbonyl (C=O) groups excluding carboxylic acids is 1. The van der Waals surface area contributed by atoms with Gasteiger partial charge in [0.05, 0.1) is 6.04 Å². The fraction of sp³-hybridized carbons (Fsp3) is 0.833. The molecule has 0 saturated heterocycles. The van der Waals surface area contributed by atoms with E-state index in [1.54, 1.807) is 23.5 Å². The Hall–Kier alpha value is -0.160. The van der Waals surface area contributed by atoms with Crippen LogP contribution in [0.4, 0.5) is 0 Å². The lowest BCUT2D eigenvalue weighted by Crippen LogP contribution is -2.30. The molecule has 0 radical (unpaired) electrons. The average molecular weight is 275 g/mol. The van der Waals surface area contributed by atoms with Crippen molar-refractivity contribution in [3.63, 3.8) is 0 Å². The zero-order valence-electron chi connectivity index (χ0n) is 11.1. The summed E-state index contributed by atoms with van der Waals surface area (Å²) >= 11 is 3.28. The number of nitrogens with zero attached hydrogens (tertiary/aromatic N) is 1. The zero-order valence-corrected chi connectivity index (χ0v) is 12.8. The molecular formula is C12H21NO2S2. The minimum Gasteiger partial charge on any atom is -0.459 e. The average Bonchev–Trinajstić information content (AvgIpc) is 2.57. The highest BCUT2D eigenvalue weighted by molar-refractivity contribution is 8.39. The molecule has 0 spiro atoms. The van der Waals surface area contributed by atoms with E-state index in [1.165, 1.54) is 0 Å². The molecule has 0 bridgehead atoms. The fourth-order valence-electron chi connectivity index (χ4n) is 1.30. The number of aliphatic imine (C=N–C) groups is 1. The molecule has 0 N–H and O–H groups in total. The minimum atomic E-state index is -0.414. The molecule has 98 valence electrons.